The number of carboxylic acid groups (broad SMARTS) is 2. The molecule has 0 unspecified atom stereocenters. The van der Waals surface area contributed by atoms with E-state index in [2.05, 4.69) is 16.3 Å². The summed E-state index contributed by atoms with van der Waals surface area (Å²) in [5, 5.41) is 20.6. The zero-order valence-corrected chi connectivity index (χ0v) is 17.1. The molecular formula is C20H26Cl2N2O4. The van der Waals surface area contributed by atoms with Crippen molar-refractivity contribution < 1.29 is 19.8 Å². The first-order chi connectivity index (χ1) is 13.3. The highest BCUT2D eigenvalue weighted by atomic mass is 35.5. The monoisotopic (exact) mass is 428 g/mol. The van der Waals surface area contributed by atoms with Crippen molar-refractivity contribution in [3.63, 3.8) is 0 Å². The van der Waals surface area contributed by atoms with Gasteiger partial charge in [0, 0.05) is 41.3 Å². The first-order valence-electron chi connectivity index (χ1n) is 9.37. The number of carbonyl (C=O) groups is 2. The maximum atomic E-state index is 9.55. The molecule has 1 saturated carbocycles. The molecule has 0 radical (unpaired) electrons. The number of carboxylic acids is 2. The molecular weight excluding hydrogens is 403 g/mol. The van der Waals surface area contributed by atoms with Gasteiger partial charge in [0.1, 0.15) is 0 Å². The van der Waals surface area contributed by atoms with Gasteiger partial charge in [-0.05, 0) is 62.4 Å². The quantitative estimate of drug-likeness (QED) is 0.573. The zero-order chi connectivity index (χ0) is 20.5. The molecule has 1 aliphatic heterocycles. The standard InChI is InChI=1S/C16H22Cl2N2.C4H4O4/c17-14-4-3-13(16(18)9-14)11-20(10-12-1-2-12)15-5-7-19-8-6-15;5-3(6)1-2-4(7)8/h3-4,9,12,15,19H,1-2,5-8,10-11H2;1-2H,(H,5,6)(H,7,8). The highest BCUT2D eigenvalue weighted by molar-refractivity contribution is 6.35. The Hall–Kier alpha value is -1.60. The molecule has 28 heavy (non-hydrogen) atoms. The van der Waals surface area contributed by atoms with E-state index in [0.717, 1.165) is 30.6 Å². The van der Waals surface area contributed by atoms with Crippen LogP contribution in [0.3, 0.4) is 0 Å². The third-order valence-electron chi connectivity index (χ3n) is 4.77. The molecule has 1 heterocycles. The van der Waals surface area contributed by atoms with Crippen molar-refractivity contribution in [1.29, 1.82) is 0 Å². The average molecular weight is 429 g/mol. The molecule has 0 bridgehead atoms. The Kier molecular flexibility index (Phi) is 9.25. The number of hydrogen-bond acceptors (Lipinski definition) is 4. The van der Waals surface area contributed by atoms with Gasteiger partial charge >= 0.3 is 11.9 Å². The first-order valence-corrected chi connectivity index (χ1v) is 10.1. The number of nitrogens with zero attached hydrogens (tertiary/aromatic N) is 1. The summed E-state index contributed by atoms with van der Waals surface area (Å²) in [6.07, 6.45) is 6.41. The highest BCUT2D eigenvalue weighted by Gasteiger charge is 2.29. The largest absolute Gasteiger partial charge is 0.478 e. The molecule has 1 aliphatic carbocycles. The molecule has 2 fully saturated rings. The minimum atomic E-state index is -1.26. The van der Waals surface area contributed by atoms with Crippen LogP contribution in [-0.2, 0) is 16.1 Å². The SMILES string of the molecule is Clc1ccc(CN(CC2CC2)C2CCNCC2)c(Cl)c1.O=C(O)C=CC(=O)O. The van der Waals surface area contributed by atoms with Crippen molar-refractivity contribution in [3.05, 3.63) is 46.0 Å². The predicted molar refractivity (Wildman–Crippen MR) is 110 cm³/mol. The van der Waals surface area contributed by atoms with E-state index in [-0.39, 0.29) is 0 Å². The van der Waals surface area contributed by atoms with Crippen LogP contribution < -0.4 is 5.32 Å². The van der Waals surface area contributed by atoms with Crippen LogP contribution in [0.2, 0.25) is 10.0 Å². The van der Waals surface area contributed by atoms with Gasteiger partial charge in [0.2, 0.25) is 0 Å². The molecule has 8 heteroatoms. The van der Waals surface area contributed by atoms with E-state index in [0.29, 0.717) is 23.2 Å². The van der Waals surface area contributed by atoms with Gasteiger partial charge in [-0.3, -0.25) is 4.90 Å². The van der Waals surface area contributed by atoms with Crippen LogP contribution in [0.5, 0.6) is 0 Å². The molecule has 2 aliphatic rings. The third kappa shape index (κ3) is 8.61. The lowest BCUT2D eigenvalue weighted by molar-refractivity contribution is -0.134. The van der Waals surface area contributed by atoms with Crippen LogP contribution in [0, 0.1) is 5.92 Å². The second-order valence-electron chi connectivity index (χ2n) is 7.10. The van der Waals surface area contributed by atoms with Crippen molar-refractivity contribution >= 4 is 35.1 Å². The topological polar surface area (TPSA) is 89.9 Å². The average Bonchev–Trinajstić information content (AvgIpc) is 3.47. The van der Waals surface area contributed by atoms with Crippen LogP contribution in [0.4, 0.5) is 0 Å². The summed E-state index contributed by atoms with van der Waals surface area (Å²) in [6, 6.07) is 6.58. The van der Waals surface area contributed by atoms with Crippen molar-refractivity contribution in [1.82, 2.24) is 10.2 Å². The van der Waals surface area contributed by atoms with E-state index in [1.165, 1.54) is 37.8 Å². The molecule has 0 amide bonds. The Morgan fingerprint density at radius 2 is 1.68 bits per heavy atom. The van der Waals surface area contributed by atoms with Crippen LogP contribution >= 0.6 is 23.2 Å². The van der Waals surface area contributed by atoms with E-state index in [4.69, 9.17) is 33.4 Å². The lowest BCUT2D eigenvalue weighted by Crippen LogP contribution is -2.43. The number of benzene rings is 1. The minimum absolute atomic E-state index is 0.558. The van der Waals surface area contributed by atoms with Crippen molar-refractivity contribution in [2.75, 3.05) is 19.6 Å². The zero-order valence-electron chi connectivity index (χ0n) is 15.6. The van der Waals surface area contributed by atoms with E-state index >= 15 is 0 Å². The van der Waals surface area contributed by atoms with Gasteiger partial charge in [0.25, 0.3) is 0 Å². The van der Waals surface area contributed by atoms with Gasteiger partial charge in [-0.1, -0.05) is 29.3 Å². The number of rotatable bonds is 7. The Morgan fingerprint density at radius 1 is 1.07 bits per heavy atom. The van der Waals surface area contributed by atoms with Gasteiger partial charge in [-0.25, -0.2) is 9.59 Å². The van der Waals surface area contributed by atoms with E-state index in [1.54, 1.807) is 0 Å². The van der Waals surface area contributed by atoms with E-state index in [9.17, 15) is 9.59 Å². The summed E-state index contributed by atoms with van der Waals surface area (Å²) in [7, 11) is 0. The molecule has 3 N–H and O–H groups in total. The minimum Gasteiger partial charge on any atom is -0.478 e. The molecule has 154 valence electrons. The van der Waals surface area contributed by atoms with Crippen molar-refractivity contribution in [2.45, 2.75) is 38.3 Å². The molecule has 1 aromatic carbocycles. The Bertz CT molecular complexity index is 685. The summed E-state index contributed by atoms with van der Waals surface area (Å²) in [5.41, 5.74) is 1.20. The molecule has 0 spiro atoms. The highest BCUT2D eigenvalue weighted by Crippen LogP contribution is 2.32. The molecule has 0 aromatic heterocycles. The second kappa shape index (κ2) is 11.4. The molecule has 1 aromatic rings. The van der Waals surface area contributed by atoms with Gasteiger partial charge in [-0.15, -0.1) is 0 Å². The van der Waals surface area contributed by atoms with Crippen LogP contribution in [0.25, 0.3) is 0 Å². The summed E-state index contributed by atoms with van der Waals surface area (Å²) in [6.45, 7) is 4.46. The number of aliphatic carboxylic acids is 2. The summed E-state index contributed by atoms with van der Waals surface area (Å²) in [4.78, 5) is 21.8. The van der Waals surface area contributed by atoms with E-state index < -0.39 is 11.9 Å². The van der Waals surface area contributed by atoms with Crippen molar-refractivity contribution in [3.8, 4) is 0 Å². The van der Waals surface area contributed by atoms with E-state index in [1.807, 2.05) is 12.1 Å². The fourth-order valence-corrected chi connectivity index (χ4v) is 3.63. The fourth-order valence-electron chi connectivity index (χ4n) is 3.16. The first kappa shape index (κ1) is 22.7. The number of hydrogen-bond donors (Lipinski definition) is 3. The molecule has 3 rings (SSSR count). The fraction of sp³-hybridized carbons (Fsp3) is 0.500. The normalized spacial score (nSPS) is 17.4. The number of nitrogens with one attached hydrogen (secondary N) is 1. The van der Waals surface area contributed by atoms with Crippen LogP contribution in [-0.4, -0.2) is 52.7 Å². The van der Waals surface area contributed by atoms with Gasteiger partial charge < -0.3 is 15.5 Å². The van der Waals surface area contributed by atoms with Crippen molar-refractivity contribution in [2.24, 2.45) is 5.92 Å². The number of halogens is 2. The maximum absolute atomic E-state index is 9.55. The Balaban J connectivity index is 0.000000300. The summed E-state index contributed by atoms with van der Waals surface area (Å²) in [5.74, 6) is -1.60. The van der Waals surface area contributed by atoms with Gasteiger partial charge in [-0.2, -0.15) is 0 Å². The third-order valence-corrected chi connectivity index (χ3v) is 5.36. The molecule has 6 nitrogen and oxygen atoms in total. The lowest BCUT2D eigenvalue weighted by atomic mass is 10.0. The predicted octanol–water partition coefficient (Wildman–Crippen LogP) is 3.67. The smallest absolute Gasteiger partial charge is 0.328 e. The summed E-state index contributed by atoms with van der Waals surface area (Å²) >= 11 is 12.3. The summed E-state index contributed by atoms with van der Waals surface area (Å²) < 4.78 is 0. The van der Waals surface area contributed by atoms with Crippen LogP contribution in [0.15, 0.2) is 30.4 Å². The van der Waals surface area contributed by atoms with Crippen LogP contribution in [0.1, 0.15) is 31.2 Å². The maximum Gasteiger partial charge on any atom is 0.328 e. The Labute approximate surface area is 175 Å². The second-order valence-corrected chi connectivity index (χ2v) is 7.94. The van der Waals surface area contributed by atoms with Gasteiger partial charge in [0.05, 0.1) is 0 Å². The van der Waals surface area contributed by atoms with Gasteiger partial charge in [0.15, 0.2) is 0 Å². The lowest BCUT2D eigenvalue weighted by Gasteiger charge is -2.35. The molecule has 1 saturated heterocycles. The Morgan fingerprint density at radius 3 is 2.18 bits per heavy atom. The molecule has 0 atom stereocenters. The number of piperidine rings is 1.